The van der Waals surface area contributed by atoms with Gasteiger partial charge in [0.2, 0.25) is 0 Å². The Morgan fingerprint density at radius 2 is 1.81 bits per heavy atom. The largest absolute Gasteiger partial charge is 0.489 e. The van der Waals surface area contributed by atoms with Crippen LogP contribution in [0.25, 0.3) is 0 Å². The van der Waals surface area contributed by atoms with Crippen molar-refractivity contribution in [3.05, 3.63) is 64.7 Å². The van der Waals surface area contributed by atoms with Crippen LogP contribution < -0.4 is 10.5 Å². The van der Waals surface area contributed by atoms with E-state index in [4.69, 9.17) is 10.5 Å². The van der Waals surface area contributed by atoms with E-state index in [1.165, 1.54) is 16.7 Å². The lowest BCUT2D eigenvalue weighted by Crippen LogP contribution is -2.08. The van der Waals surface area contributed by atoms with Crippen LogP contribution in [0, 0.1) is 13.8 Å². The van der Waals surface area contributed by atoms with Crippen molar-refractivity contribution in [1.29, 1.82) is 0 Å². The second-order valence-electron chi connectivity index (χ2n) is 5.20. The Bertz CT molecular complexity index is 618. The molecule has 0 bridgehead atoms. The zero-order valence-corrected chi connectivity index (χ0v) is 12.6. The second kappa shape index (κ2) is 7.04. The van der Waals surface area contributed by atoms with Crippen molar-refractivity contribution in [3.8, 4) is 5.75 Å². The minimum Gasteiger partial charge on any atom is -0.489 e. The number of hydrogen-bond acceptors (Lipinski definition) is 3. The van der Waals surface area contributed by atoms with E-state index in [1.807, 2.05) is 12.1 Å². The van der Waals surface area contributed by atoms with E-state index in [2.05, 4.69) is 32.0 Å². The summed E-state index contributed by atoms with van der Waals surface area (Å²) in [7, 11) is 0. The average molecular weight is 283 g/mol. The predicted octanol–water partition coefficient (Wildman–Crippen LogP) is 3.41. The standard InChI is InChI=1S/C18H21NO2/c1-13-3-4-14(2)16(11-13)12-21-17-7-5-15(6-8-17)18(20)9-10-19/h3-8,11H,9-10,12,19H2,1-2H3. The zero-order chi connectivity index (χ0) is 15.2. The first kappa shape index (κ1) is 15.3. The van der Waals surface area contributed by atoms with Gasteiger partial charge in [-0.05, 0) is 55.8 Å². The van der Waals surface area contributed by atoms with Crippen molar-refractivity contribution in [1.82, 2.24) is 0 Å². The molecule has 0 heterocycles. The Kier molecular flexibility index (Phi) is 5.12. The molecule has 0 unspecified atom stereocenters. The van der Waals surface area contributed by atoms with Crippen LogP contribution in [-0.4, -0.2) is 12.3 Å². The van der Waals surface area contributed by atoms with Crippen LogP contribution in [-0.2, 0) is 6.61 Å². The van der Waals surface area contributed by atoms with E-state index in [9.17, 15) is 4.79 Å². The average Bonchev–Trinajstić information content (AvgIpc) is 2.49. The van der Waals surface area contributed by atoms with Crippen molar-refractivity contribution >= 4 is 5.78 Å². The number of Topliss-reactive ketones (excluding diaryl/α,β-unsaturated/α-hetero) is 1. The van der Waals surface area contributed by atoms with Gasteiger partial charge in [-0.3, -0.25) is 4.79 Å². The van der Waals surface area contributed by atoms with E-state index in [0.29, 0.717) is 25.1 Å². The maximum absolute atomic E-state index is 11.7. The monoisotopic (exact) mass is 283 g/mol. The van der Waals surface area contributed by atoms with E-state index in [1.54, 1.807) is 12.1 Å². The Hall–Kier alpha value is -2.13. The van der Waals surface area contributed by atoms with Crippen molar-refractivity contribution in [3.63, 3.8) is 0 Å². The Morgan fingerprint density at radius 1 is 1.10 bits per heavy atom. The first-order valence-corrected chi connectivity index (χ1v) is 7.12. The number of carbonyl (C=O) groups excluding carboxylic acids is 1. The minimum absolute atomic E-state index is 0.0681. The van der Waals surface area contributed by atoms with Crippen molar-refractivity contribution in [2.75, 3.05) is 6.54 Å². The molecule has 0 radical (unpaired) electrons. The first-order valence-electron chi connectivity index (χ1n) is 7.12. The van der Waals surface area contributed by atoms with Gasteiger partial charge in [0.05, 0.1) is 0 Å². The SMILES string of the molecule is Cc1ccc(C)c(COc2ccc(C(=O)CCN)cc2)c1. The quantitative estimate of drug-likeness (QED) is 0.826. The summed E-state index contributed by atoms with van der Waals surface area (Å²) >= 11 is 0. The summed E-state index contributed by atoms with van der Waals surface area (Å²) < 4.78 is 5.79. The molecule has 0 fully saturated rings. The first-order chi connectivity index (χ1) is 10.1. The highest BCUT2D eigenvalue weighted by Crippen LogP contribution is 2.17. The van der Waals surface area contributed by atoms with Gasteiger partial charge in [0, 0.05) is 12.0 Å². The fourth-order valence-electron chi connectivity index (χ4n) is 2.13. The summed E-state index contributed by atoms with van der Waals surface area (Å²) in [6.45, 7) is 5.06. The molecule has 0 spiro atoms. The third-order valence-corrected chi connectivity index (χ3v) is 3.45. The van der Waals surface area contributed by atoms with E-state index < -0.39 is 0 Å². The van der Waals surface area contributed by atoms with Gasteiger partial charge in [0.25, 0.3) is 0 Å². The topological polar surface area (TPSA) is 52.3 Å². The second-order valence-corrected chi connectivity index (χ2v) is 5.20. The van der Waals surface area contributed by atoms with Gasteiger partial charge in [-0.2, -0.15) is 0 Å². The third-order valence-electron chi connectivity index (χ3n) is 3.45. The molecule has 2 aromatic carbocycles. The Labute approximate surface area is 125 Å². The normalized spacial score (nSPS) is 10.4. The molecule has 0 aromatic heterocycles. The van der Waals surface area contributed by atoms with Crippen LogP contribution in [0.1, 0.15) is 33.5 Å². The summed E-state index contributed by atoms with van der Waals surface area (Å²) in [6.07, 6.45) is 0.378. The van der Waals surface area contributed by atoms with E-state index >= 15 is 0 Å². The van der Waals surface area contributed by atoms with Crippen molar-refractivity contribution < 1.29 is 9.53 Å². The van der Waals surface area contributed by atoms with Crippen LogP contribution in [0.5, 0.6) is 5.75 Å². The lowest BCUT2D eigenvalue weighted by atomic mass is 10.1. The summed E-state index contributed by atoms with van der Waals surface area (Å²) in [6, 6.07) is 13.6. The molecule has 2 aromatic rings. The fourth-order valence-corrected chi connectivity index (χ4v) is 2.13. The molecule has 0 saturated heterocycles. The highest BCUT2D eigenvalue weighted by Gasteiger charge is 2.05. The smallest absolute Gasteiger partial charge is 0.164 e. The summed E-state index contributed by atoms with van der Waals surface area (Å²) in [5.41, 5.74) is 9.69. The number of carbonyl (C=O) groups is 1. The number of nitrogens with two attached hydrogens (primary N) is 1. The van der Waals surface area contributed by atoms with Crippen LogP contribution >= 0.6 is 0 Å². The molecule has 2 N–H and O–H groups in total. The molecule has 3 heteroatoms. The van der Waals surface area contributed by atoms with Gasteiger partial charge >= 0.3 is 0 Å². The number of hydrogen-bond donors (Lipinski definition) is 1. The molecule has 0 amide bonds. The van der Waals surface area contributed by atoms with E-state index in [0.717, 1.165) is 5.75 Å². The van der Waals surface area contributed by atoms with Crippen LogP contribution in [0.15, 0.2) is 42.5 Å². The highest BCUT2D eigenvalue weighted by atomic mass is 16.5. The summed E-state index contributed by atoms with van der Waals surface area (Å²) in [4.78, 5) is 11.7. The molecule has 110 valence electrons. The van der Waals surface area contributed by atoms with Crippen molar-refractivity contribution in [2.45, 2.75) is 26.9 Å². The third kappa shape index (κ3) is 4.17. The van der Waals surface area contributed by atoms with Gasteiger partial charge in [0.15, 0.2) is 5.78 Å². The number of aryl methyl sites for hydroxylation is 2. The van der Waals surface area contributed by atoms with Gasteiger partial charge in [-0.1, -0.05) is 23.8 Å². The molecule has 21 heavy (non-hydrogen) atoms. The van der Waals surface area contributed by atoms with Crippen molar-refractivity contribution in [2.24, 2.45) is 5.73 Å². The Balaban J connectivity index is 2.00. The molecule has 0 saturated carbocycles. The number of ether oxygens (including phenoxy) is 1. The number of ketones is 1. The minimum atomic E-state index is 0.0681. The Morgan fingerprint density at radius 3 is 2.48 bits per heavy atom. The van der Waals surface area contributed by atoms with Gasteiger partial charge in [0.1, 0.15) is 12.4 Å². The van der Waals surface area contributed by atoms with Gasteiger partial charge < -0.3 is 10.5 Å². The molecule has 2 rings (SSSR count). The van der Waals surface area contributed by atoms with Crippen LogP contribution in [0.4, 0.5) is 0 Å². The maximum Gasteiger partial charge on any atom is 0.164 e. The lowest BCUT2D eigenvalue weighted by molar-refractivity contribution is 0.0985. The lowest BCUT2D eigenvalue weighted by Gasteiger charge is -2.10. The zero-order valence-electron chi connectivity index (χ0n) is 12.6. The van der Waals surface area contributed by atoms with E-state index in [-0.39, 0.29) is 5.78 Å². The summed E-state index contributed by atoms with van der Waals surface area (Å²) in [5.74, 6) is 0.832. The maximum atomic E-state index is 11.7. The van der Waals surface area contributed by atoms with Gasteiger partial charge in [-0.15, -0.1) is 0 Å². The predicted molar refractivity (Wildman–Crippen MR) is 84.7 cm³/mol. The molecular weight excluding hydrogens is 262 g/mol. The van der Waals surface area contributed by atoms with Crippen LogP contribution in [0.3, 0.4) is 0 Å². The molecular formula is C18H21NO2. The summed E-state index contributed by atoms with van der Waals surface area (Å²) in [5, 5.41) is 0. The van der Waals surface area contributed by atoms with Gasteiger partial charge in [-0.25, -0.2) is 0 Å². The number of rotatable bonds is 6. The fraction of sp³-hybridized carbons (Fsp3) is 0.278. The molecule has 0 aliphatic carbocycles. The molecule has 3 nitrogen and oxygen atoms in total. The highest BCUT2D eigenvalue weighted by molar-refractivity contribution is 5.96. The van der Waals surface area contributed by atoms with Crippen LogP contribution in [0.2, 0.25) is 0 Å². The molecule has 0 aliphatic heterocycles. The number of benzene rings is 2. The molecule has 0 atom stereocenters. The molecule has 0 aliphatic rings.